The van der Waals surface area contributed by atoms with Gasteiger partial charge in [0.05, 0.1) is 0 Å². The van der Waals surface area contributed by atoms with Crippen LogP contribution in [0.5, 0.6) is 0 Å². The molecule has 106 valence electrons. The van der Waals surface area contributed by atoms with Crippen LogP contribution in [-0.2, 0) is 4.79 Å². The second kappa shape index (κ2) is 7.89. The molecule has 0 aliphatic carbocycles. The fourth-order valence-electron chi connectivity index (χ4n) is 2.06. The van der Waals surface area contributed by atoms with E-state index in [4.69, 9.17) is 5.11 Å². The second-order valence-electron chi connectivity index (χ2n) is 4.88. The molecule has 1 unspecified atom stereocenters. The van der Waals surface area contributed by atoms with Crippen molar-refractivity contribution in [3.8, 4) is 0 Å². The molecule has 0 aliphatic rings. The molecule has 1 N–H and O–H groups in total. The first-order valence-electron chi connectivity index (χ1n) is 6.69. The monoisotopic (exact) mass is 267 g/mol. The highest BCUT2D eigenvalue weighted by molar-refractivity contribution is 5.66. The summed E-state index contributed by atoms with van der Waals surface area (Å²) in [6, 6.07) is 6.85. The van der Waals surface area contributed by atoms with Gasteiger partial charge in [0.2, 0.25) is 0 Å². The lowest BCUT2D eigenvalue weighted by atomic mass is 10.1. The maximum absolute atomic E-state index is 13.6. The third kappa shape index (κ3) is 5.39. The van der Waals surface area contributed by atoms with E-state index in [1.165, 1.54) is 6.07 Å². The van der Waals surface area contributed by atoms with Crippen LogP contribution in [0.15, 0.2) is 24.3 Å². The van der Waals surface area contributed by atoms with Gasteiger partial charge in [-0.15, -0.1) is 0 Å². The van der Waals surface area contributed by atoms with Crippen molar-refractivity contribution in [3.05, 3.63) is 35.6 Å². The van der Waals surface area contributed by atoms with E-state index >= 15 is 0 Å². The Morgan fingerprint density at radius 2 is 2.00 bits per heavy atom. The van der Waals surface area contributed by atoms with Crippen molar-refractivity contribution in [2.45, 2.75) is 38.6 Å². The van der Waals surface area contributed by atoms with Gasteiger partial charge in [0, 0.05) is 18.0 Å². The maximum atomic E-state index is 13.6. The summed E-state index contributed by atoms with van der Waals surface area (Å²) < 4.78 is 13.6. The Hall–Kier alpha value is -1.42. The largest absolute Gasteiger partial charge is 0.481 e. The molecule has 0 saturated heterocycles. The summed E-state index contributed by atoms with van der Waals surface area (Å²) in [5.41, 5.74) is 0.704. The lowest BCUT2D eigenvalue weighted by molar-refractivity contribution is -0.137. The number of nitrogens with zero attached hydrogens (tertiary/aromatic N) is 1. The molecule has 0 bridgehead atoms. The van der Waals surface area contributed by atoms with E-state index in [1.54, 1.807) is 12.1 Å². The van der Waals surface area contributed by atoms with E-state index in [9.17, 15) is 9.18 Å². The molecule has 0 amide bonds. The van der Waals surface area contributed by atoms with E-state index in [0.717, 1.165) is 19.4 Å². The molecule has 1 aromatic rings. The summed E-state index contributed by atoms with van der Waals surface area (Å²) in [7, 11) is 1.97. The first-order valence-corrected chi connectivity index (χ1v) is 6.69. The van der Waals surface area contributed by atoms with Gasteiger partial charge in [0.15, 0.2) is 0 Å². The fraction of sp³-hybridized carbons (Fsp3) is 0.533. The lowest BCUT2D eigenvalue weighted by Gasteiger charge is -2.25. The van der Waals surface area contributed by atoms with Crippen molar-refractivity contribution in [1.29, 1.82) is 0 Å². The molecule has 0 aromatic heterocycles. The Morgan fingerprint density at radius 1 is 1.32 bits per heavy atom. The minimum absolute atomic E-state index is 0.0284. The van der Waals surface area contributed by atoms with Crippen LogP contribution in [0.3, 0.4) is 0 Å². The van der Waals surface area contributed by atoms with E-state index in [-0.39, 0.29) is 18.3 Å². The highest BCUT2D eigenvalue weighted by Crippen LogP contribution is 2.21. The zero-order valence-electron chi connectivity index (χ0n) is 11.6. The minimum Gasteiger partial charge on any atom is -0.481 e. The van der Waals surface area contributed by atoms with Crippen molar-refractivity contribution >= 4 is 5.97 Å². The van der Waals surface area contributed by atoms with E-state index in [2.05, 4.69) is 4.90 Å². The van der Waals surface area contributed by atoms with Crippen LogP contribution in [0.25, 0.3) is 0 Å². The highest BCUT2D eigenvalue weighted by Gasteiger charge is 2.14. The molecule has 4 heteroatoms. The molecule has 1 atom stereocenters. The summed E-state index contributed by atoms with van der Waals surface area (Å²) in [5, 5.41) is 8.54. The average molecular weight is 267 g/mol. The Labute approximate surface area is 114 Å². The zero-order chi connectivity index (χ0) is 14.3. The van der Waals surface area contributed by atoms with Gasteiger partial charge in [0.1, 0.15) is 5.82 Å². The molecule has 0 spiro atoms. The third-order valence-electron chi connectivity index (χ3n) is 3.42. The Morgan fingerprint density at radius 3 is 2.63 bits per heavy atom. The standard InChI is InChI=1S/C15H22FNO2/c1-12(13-8-5-6-9-14(13)16)17(2)11-7-3-4-10-15(18)19/h5-6,8-9,12H,3-4,7,10-11H2,1-2H3,(H,18,19). The third-order valence-corrected chi connectivity index (χ3v) is 3.42. The average Bonchev–Trinajstić information content (AvgIpc) is 2.37. The zero-order valence-corrected chi connectivity index (χ0v) is 11.6. The van der Waals surface area contributed by atoms with Crippen molar-refractivity contribution in [2.75, 3.05) is 13.6 Å². The minimum atomic E-state index is -0.743. The summed E-state index contributed by atoms with van der Waals surface area (Å²) in [6.45, 7) is 2.82. The lowest BCUT2D eigenvalue weighted by Crippen LogP contribution is -2.24. The van der Waals surface area contributed by atoms with Gasteiger partial charge in [0.25, 0.3) is 0 Å². The normalized spacial score (nSPS) is 12.6. The summed E-state index contributed by atoms with van der Waals surface area (Å²) >= 11 is 0. The summed E-state index contributed by atoms with van der Waals surface area (Å²) in [4.78, 5) is 12.5. The topological polar surface area (TPSA) is 40.5 Å². The number of hydrogen-bond donors (Lipinski definition) is 1. The van der Waals surface area contributed by atoms with Crippen LogP contribution in [0.4, 0.5) is 4.39 Å². The number of unbranched alkanes of at least 4 members (excludes halogenated alkanes) is 2. The molecule has 3 nitrogen and oxygen atoms in total. The molecule has 1 aromatic carbocycles. The van der Waals surface area contributed by atoms with Gasteiger partial charge in [-0.05, 0) is 39.4 Å². The predicted molar refractivity (Wildman–Crippen MR) is 73.5 cm³/mol. The van der Waals surface area contributed by atoms with E-state index in [0.29, 0.717) is 12.0 Å². The van der Waals surface area contributed by atoms with Crippen LogP contribution in [0, 0.1) is 5.82 Å². The first-order chi connectivity index (χ1) is 9.02. The van der Waals surface area contributed by atoms with Crippen molar-refractivity contribution in [1.82, 2.24) is 4.90 Å². The molecular weight excluding hydrogens is 245 g/mol. The quantitative estimate of drug-likeness (QED) is 0.733. The fourth-order valence-corrected chi connectivity index (χ4v) is 2.06. The van der Waals surface area contributed by atoms with Crippen LogP contribution in [-0.4, -0.2) is 29.6 Å². The van der Waals surface area contributed by atoms with Crippen molar-refractivity contribution in [2.24, 2.45) is 0 Å². The van der Waals surface area contributed by atoms with Gasteiger partial charge in [-0.3, -0.25) is 9.69 Å². The van der Waals surface area contributed by atoms with Gasteiger partial charge in [-0.25, -0.2) is 4.39 Å². The maximum Gasteiger partial charge on any atom is 0.303 e. The number of carbonyl (C=O) groups is 1. The van der Waals surface area contributed by atoms with Crippen LogP contribution < -0.4 is 0 Å². The number of carboxylic acid groups (broad SMARTS) is 1. The van der Waals surface area contributed by atoms with Crippen LogP contribution >= 0.6 is 0 Å². The predicted octanol–water partition coefficient (Wildman–Crippen LogP) is 3.46. The van der Waals surface area contributed by atoms with E-state index in [1.807, 2.05) is 20.0 Å². The Bertz CT molecular complexity index is 409. The van der Waals surface area contributed by atoms with Crippen LogP contribution in [0.2, 0.25) is 0 Å². The molecule has 0 saturated carbocycles. The Balaban J connectivity index is 2.35. The molecule has 0 fully saturated rings. The highest BCUT2D eigenvalue weighted by atomic mass is 19.1. The van der Waals surface area contributed by atoms with Crippen molar-refractivity contribution in [3.63, 3.8) is 0 Å². The molecule has 0 heterocycles. The summed E-state index contributed by atoms with van der Waals surface area (Å²) in [6.07, 6.45) is 2.76. The number of carboxylic acids is 1. The smallest absolute Gasteiger partial charge is 0.303 e. The SMILES string of the molecule is CC(c1ccccc1F)N(C)CCCCCC(=O)O. The number of benzene rings is 1. The number of hydrogen-bond acceptors (Lipinski definition) is 2. The summed E-state index contributed by atoms with van der Waals surface area (Å²) in [5.74, 6) is -0.916. The number of aliphatic carboxylic acids is 1. The second-order valence-corrected chi connectivity index (χ2v) is 4.88. The molecule has 19 heavy (non-hydrogen) atoms. The molecular formula is C15H22FNO2. The van der Waals surface area contributed by atoms with E-state index < -0.39 is 5.97 Å². The number of rotatable bonds is 8. The Kier molecular flexibility index (Phi) is 6.50. The van der Waals surface area contributed by atoms with Gasteiger partial charge in [-0.2, -0.15) is 0 Å². The number of halogens is 1. The van der Waals surface area contributed by atoms with Gasteiger partial charge < -0.3 is 5.11 Å². The van der Waals surface area contributed by atoms with Gasteiger partial charge in [-0.1, -0.05) is 24.6 Å². The first kappa shape index (κ1) is 15.6. The molecule has 1 rings (SSSR count). The molecule has 0 radical (unpaired) electrons. The molecule has 0 aliphatic heterocycles. The van der Waals surface area contributed by atoms with Crippen LogP contribution in [0.1, 0.15) is 44.2 Å². The van der Waals surface area contributed by atoms with Gasteiger partial charge >= 0.3 is 5.97 Å². The van der Waals surface area contributed by atoms with Crippen molar-refractivity contribution < 1.29 is 14.3 Å².